The van der Waals surface area contributed by atoms with Crippen molar-refractivity contribution < 1.29 is 9.59 Å². The van der Waals surface area contributed by atoms with Gasteiger partial charge in [0.2, 0.25) is 5.91 Å². The van der Waals surface area contributed by atoms with Crippen LogP contribution in [0.15, 0.2) is 48.7 Å². The van der Waals surface area contributed by atoms with E-state index in [0.717, 1.165) is 30.5 Å². The second-order valence-corrected chi connectivity index (χ2v) is 7.29. The van der Waals surface area contributed by atoms with Crippen molar-refractivity contribution in [2.75, 3.05) is 6.54 Å². The van der Waals surface area contributed by atoms with Crippen molar-refractivity contribution in [2.24, 2.45) is 0 Å². The van der Waals surface area contributed by atoms with Gasteiger partial charge in [-0.25, -0.2) is 4.79 Å². The normalized spacial score (nSPS) is 22.7. The van der Waals surface area contributed by atoms with Crippen molar-refractivity contribution in [1.29, 1.82) is 0 Å². The Hall–Kier alpha value is -2.73. The molecule has 2 unspecified atom stereocenters. The Kier molecular flexibility index (Phi) is 4.90. The summed E-state index contributed by atoms with van der Waals surface area (Å²) in [5.41, 5.74) is 2.96. The minimum atomic E-state index is -0.343. The number of aromatic nitrogens is 1. The summed E-state index contributed by atoms with van der Waals surface area (Å²) in [6, 6.07) is 13.0. The molecule has 2 atom stereocenters. The lowest BCUT2D eigenvalue weighted by atomic mass is 9.93. The SMILES string of the molecule is Cc1cccc(CN2C(=O)N(Cc3ccccn3)C(=O)C3NCCCC32)c1. The molecule has 0 aliphatic carbocycles. The van der Waals surface area contributed by atoms with Gasteiger partial charge < -0.3 is 10.2 Å². The molecule has 2 aliphatic rings. The predicted molar refractivity (Wildman–Crippen MR) is 102 cm³/mol. The zero-order valence-electron chi connectivity index (χ0n) is 15.5. The zero-order valence-corrected chi connectivity index (χ0v) is 15.5. The first kappa shape index (κ1) is 17.7. The van der Waals surface area contributed by atoms with Crippen LogP contribution in [0.3, 0.4) is 0 Å². The number of carbonyl (C=O) groups is 2. The lowest BCUT2D eigenvalue weighted by Crippen LogP contribution is -2.68. The summed E-state index contributed by atoms with van der Waals surface area (Å²) in [7, 11) is 0. The molecule has 1 aromatic heterocycles. The summed E-state index contributed by atoms with van der Waals surface area (Å²) < 4.78 is 0. The molecule has 27 heavy (non-hydrogen) atoms. The highest BCUT2D eigenvalue weighted by molar-refractivity contribution is 6.00. The van der Waals surface area contributed by atoms with Gasteiger partial charge >= 0.3 is 6.03 Å². The Morgan fingerprint density at radius 1 is 1.15 bits per heavy atom. The van der Waals surface area contributed by atoms with Crippen LogP contribution in [0.2, 0.25) is 0 Å². The van der Waals surface area contributed by atoms with Crippen LogP contribution in [0.4, 0.5) is 4.79 Å². The standard InChI is InChI=1S/C21H24N4O2/c1-15-6-4-7-16(12-15)13-24-18-9-5-11-23-19(18)20(26)25(21(24)27)14-17-8-2-3-10-22-17/h2-4,6-8,10,12,18-19,23H,5,9,11,13-14H2,1H3. The molecule has 0 bridgehead atoms. The number of rotatable bonds is 4. The lowest BCUT2D eigenvalue weighted by Gasteiger charge is -2.47. The zero-order chi connectivity index (χ0) is 18.8. The van der Waals surface area contributed by atoms with E-state index in [1.807, 2.05) is 48.2 Å². The number of nitrogens with one attached hydrogen (secondary N) is 1. The molecule has 2 aliphatic heterocycles. The fraction of sp³-hybridized carbons (Fsp3) is 0.381. The van der Waals surface area contributed by atoms with E-state index < -0.39 is 0 Å². The van der Waals surface area contributed by atoms with E-state index in [0.29, 0.717) is 12.2 Å². The number of imide groups is 1. The van der Waals surface area contributed by atoms with Crippen LogP contribution in [0.5, 0.6) is 0 Å². The Bertz CT molecular complexity index is 839. The number of pyridine rings is 1. The number of aryl methyl sites for hydroxylation is 1. The molecule has 2 saturated heterocycles. The highest BCUT2D eigenvalue weighted by Gasteiger charge is 2.47. The van der Waals surface area contributed by atoms with Gasteiger partial charge in [0.15, 0.2) is 0 Å². The van der Waals surface area contributed by atoms with E-state index >= 15 is 0 Å². The molecule has 140 valence electrons. The van der Waals surface area contributed by atoms with Crippen molar-refractivity contribution in [3.8, 4) is 0 Å². The average molecular weight is 364 g/mol. The Morgan fingerprint density at radius 2 is 2.04 bits per heavy atom. The summed E-state index contributed by atoms with van der Waals surface area (Å²) in [4.78, 5) is 33.8. The third kappa shape index (κ3) is 3.57. The first-order chi connectivity index (χ1) is 13.1. The summed E-state index contributed by atoms with van der Waals surface area (Å²) in [5, 5.41) is 3.33. The second-order valence-electron chi connectivity index (χ2n) is 7.29. The van der Waals surface area contributed by atoms with Crippen molar-refractivity contribution in [3.63, 3.8) is 0 Å². The third-order valence-electron chi connectivity index (χ3n) is 5.32. The van der Waals surface area contributed by atoms with Gasteiger partial charge in [-0.15, -0.1) is 0 Å². The molecular weight excluding hydrogens is 340 g/mol. The number of fused-ring (bicyclic) bond motifs is 1. The van der Waals surface area contributed by atoms with E-state index in [1.54, 1.807) is 6.20 Å². The van der Waals surface area contributed by atoms with Crippen molar-refractivity contribution in [2.45, 2.75) is 44.9 Å². The van der Waals surface area contributed by atoms with Gasteiger partial charge in [-0.3, -0.25) is 14.7 Å². The largest absolute Gasteiger partial charge is 0.327 e. The highest BCUT2D eigenvalue weighted by Crippen LogP contribution is 2.27. The van der Waals surface area contributed by atoms with E-state index in [9.17, 15) is 9.59 Å². The molecule has 3 amide bonds. The van der Waals surface area contributed by atoms with Crippen molar-refractivity contribution in [3.05, 3.63) is 65.5 Å². The molecule has 1 N–H and O–H groups in total. The van der Waals surface area contributed by atoms with Crippen LogP contribution < -0.4 is 5.32 Å². The molecule has 0 spiro atoms. The predicted octanol–water partition coefficient (Wildman–Crippen LogP) is 2.48. The number of nitrogens with zero attached hydrogens (tertiary/aromatic N) is 3. The molecule has 3 heterocycles. The Balaban J connectivity index is 1.63. The molecule has 0 radical (unpaired) electrons. The molecular formula is C21H24N4O2. The van der Waals surface area contributed by atoms with Crippen molar-refractivity contribution >= 4 is 11.9 Å². The molecule has 1 aromatic carbocycles. The minimum Gasteiger partial charge on any atom is -0.315 e. The molecule has 2 fully saturated rings. The lowest BCUT2D eigenvalue weighted by molar-refractivity contribution is -0.137. The highest BCUT2D eigenvalue weighted by atomic mass is 16.2. The number of carbonyl (C=O) groups excluding carboxylic acids is 2. The Morgan fingerprint density at radius 3 is 2.81 bits per heavy atom. The smallest absolute Gasteiger partial charge is 0.315 e. The van der Waals surface area contributed by atoms with E-state index in [1.165, 1.54) is 4.90 Å². The van der Waals surface area contributed by atoms with Crippen LogP contribution in [0.25, 0.3) is 0 Å². The van der Waals surface area contributed by atoms with Crippen molar-refractivity contribution in [1.82, 2.24) is 20.1 Å². The number of amides is 3. The second kappa shape index (κ2) is 7.48. The first-order valence-electron chi connectivity index (χ1n) is 9.44. The number of hydrogen-bond donors (Lipinski definition) is 1. The molecule has 6 nitrogen and oxygen atoms in total. The molecule has 2 aromatic rings. The van der Waals surface area contributed by atoms with Crippen LogP contribution in [0, 0.1) is 6.92 Å². The molecule has 0 saturated carbocycles. The number of hydrogen-bond acceptors (Lipinski definition) is 4. The van der Waals surface area contributed by atoms with E-state index in [2.05, 4.69) is 16.4 Å². The Labute approximate surface area is 159 Å². The first-order valence-corrected chi connectivity index (χ1v) is 9.44. The fourth-order valence-corrected chi connectivity index (χ4v) is 4.01. The average Bonchev–Trinajstić information content (AvgIpc) is 2.69. The number of urea groups is 1. The summed E-state index contributed by atoms with van der Waals surface area (Å²) in [6.07, 6.45) is 3.49. The summed E-state index contributed by atoms with van der Waals surface area (Å²) >= 11 is 0. The van der Waals surface area contributed by atoms with Crippen LogP contribution >= 0.6 is 0 Å². The van der Waals surface area contributed by atoms with Gasteiger partial charge in [0.1, 0.15) is 6.04 Å². The number of piperidine rings is 1. The maximum absolute atomic E-state index is 13.3. The van der Waals surface area contributed by atoms with Gasteiger partial charge in [0.25, 0.3) is 0 Å². The van der Waals surface area contributed by atoms with Gasteiger partial charge in [-0.1, -0.05) is 35.9 Å². The fourth-order valence-electron chi connectivity index (χ4n) is 4.01. The van der Waals surface area contributed by atoms with Crippen LogP contribution in [-0.2, 0) is 17.9 Å². The monoisotopic (exact) mass is 364 g/mol. The van der Waals surface area contributed by atoms with Gasteiger partial charge in [-0.05, 0) is 44.0 Å². The molecule has 4 rings (SSSR count). The minimum absolute atomic E-state index is 0.0979. The maximum Gasteiger partial charge on any atom is 0.327 e. The number of benzene rings is 1. The van der Waals surface area contributed by atoms with Crippen LogP contribution in [0.1, 0.15) is 29.7 Å². The topological polar surface area (TPSA) is 65.5 Å². The van der Waals surface area contributed by atoms with Gasteiger partial charge in [-0.2, -0.15) is 0 Å². The third-order valence-corrected chi connectivity index (χ3v) is 5.32. The van der Waals surface area contributed by atoms with Crippen LogP contribution in [-0.4, -0.2) is 45.4 Å². The summed E-state index contributed by atoms with van der Waals surface area (Å²) in [6.45, 7) is 3.56. The maximum atomic E-state index is 13.3. The van der Waals surface area contributed by atoms with Gasteiger partial charge in [0, 0.05) is 12.7 Å². The molecule has 6 heteroatoms. The summed E-state index contributed by atoms with van der Waals surface area (Å²) in [5.74, 6) is -0.143. The van der Waals surface area contributed by atoms with E-state index in [4.69, 9.17) is 0 Å². The quantitative estimate of drug-likeness (QED) is 0.905. The van der Waals surface area contributed by atoms with Gasteiger partial charge in [0.05, 0.1) is 18.3 Å². The van der Waals surface area contributed by atoms with E-state index in [-0.39, 0.29) is 30.6 Å².